The molecular formula is C33H31N9O23S6. The summed E-state index contributed by atoms with van der Waals surface area (Å²) in [7, 11) is -29.0. The van der Waals surface area contributed by atoms with Crippen LogP contribution < -0.4 is 33.8 Å². The Labute approximate surface area is 397 Å². The first-order valence-corrected chi connectivity index (χ1v) is 26.3. The van der Waals surface area contributed by atoms with Gasteiger partial charge in [0.1, 0.15) is 41.6 Å². The van der Waals surface area contributed by atoms with Crippen molar-refractivity contribution >= 4 is 134 Å². The third-order valence-corrected chi connectivity index (χ3v) is 14.4. The number of hydrogen-bond donors (Lipinski definition) is 14. The van der Waals surface area contributed by atoms with Crippen LogP contribution >= 0.6 is 0 Å². The minimum atomic E-state index is -5.31. The number of azo groups is 1. The first-order chi connectivity index (χ1) is 32.1. The fourth-order valence-electron chi connectivity index (χ4n) is 5.89. The zero-order chi connectivity index (χ0) is 54.5. The van der Waals surface area contributed by atoms with Crippen molar-refractivity contribution in [2.45, 2.75) is 29.4 Å². The number of aromatic hydroxyl groups is 2. The largest absolute Gasteiger partial charge is 0.505 e. The molecule has 6 aromatic rings. The Morgan fingerprint density at radius 1 is 0.535 bits per heavy atom. The third kappa shape index (κ3) is 12.2. The molecule has 0 aliphatic carbocycles. The number of carboxylic acid groups (broad SMARTS) is 1. The fourth-order valence-corrected chi connectivity index (χ4v) is 9.89. The molecule has 6 rings (SSSR count). The average molecular weight is 1110 g/mol. The number of nitrogens with two attached hydrogens (primary N) is 6. The molecule has 0 aliphatic heterocycles. The number of fused-ring (bicyclic) bond motifs is 2. The van der Waals surface area contributed by atoms with E-state index in [4.69, 9.17) is 43.5 Å². The van der Waals surface area contributed by atoms with Crippen LogP contribution in [0.4, 0.5) is 45.5 Å². The van der Waals surface area contributed by atoms with Gasteiger partial charge >= 0.3 is 5.97 Å². The topological polar surface area (TPSA) is 608 Å². The molecule has 0 aromatic heterocycles. The number of nitro benzene ring substituents is 1. The number of sulfonamides is 1. The van der Waals surface area contributed by atoms with Crippen LogP contribution in [0, 0.1) is 10.1 Å². The number of carbonyl (C=O) groups is 1. The van der Waals surface area contributed by atoms with Crippen molar-refractivity contribution in [3.05, 3.63) is 82.4 Å². The van der Waals surface area contributed by atoms with Gasteiger partial charge < -0.3 is 44.0 Å². The zero-order valence-electron chi connectivity index (χ0n) is 34.3. The number of benzene rings is 6. The van der Waals surface area contributed by atoms with Gasteiger partial charge in [0.2, 0.25) is 10.0 Å². The predicted octanol–water partition coefficient (Wildman–Crippen LogP) is 1.59. The Hall–Kier alpha value is -7.63. The second-order valence-electron chi connectivity index (χ2n) is 13.7. The van der Waals surface area contributed by atoms with E-state index in [1.807, 2.05) is 0 Å². The quantitative estimate of drug-likeness (QED) is 0.0231. The molecule has 382 valence electrons. The molecule has 0 unspecified atom stereocenters. The van der Waals surface area contributed by atoms with Gasteiger partial charge in [0.05, 0.1) is 43.5 Å². The van der Waals surface area contributed by atoms with E-state index in [9.17, 15) is 93.8 Å². The lowest BCUT2D eigenvalue weighted by Crippen LogP contribution is -2.13. The summed E-state index contributed by atoms with van der Waals surface area (Å²) in [5.74, 6) is -3.27. The summed E-state index contributed by atoms with van der Waals surface area (Å²) in [6, 6.07) is 9.30. The lowest BCUT2D eigenvalue weighted by Gasteiger charge is -2.14. The van der Waals surface area contributed by atoms with Crippen LogP contribution in [-0.2, 0) is 60.6 Å². The number of nitrogens with zero attached hydrogens (tertiary/aromatic N) is 3. The van der Waals surface area contributed by atoms with Gasteiger partial charge in [-0.25, -0.2) is 18.4 Å². The molecule has 32 nitrogen and oxygen atoms in total. The monoisotopic (exact) mass is 1110 g/mol. The molecule has 38 heteroatoms. The third-order valence-electron chi connectivity index (χ3n) is 9.01. The number of primary sulfonamides is 1. The molecule has 0 atom stereocenters. The van der Waals surface area contributed by atoms with Crippen LogP contribution in [0.3, 0.4) is 0 Å². The zero-order valence-corrected chi connectivity index (χ0v) is 39.2. The molecule has 0 aliphatic rings. The number of non-ortho nitro benzene ring substituents is 1. The van der Waals surface area contributed by atoms with Crippen molar-refractivity contribution in [3.8, 4) is 11.5 Å². The standard InChI is InChI=1S/C16H13N5O12S3.C10H10N2O7S2.C7H8N2O4S/c17-8-5-10(34(25,26)27)7-4-12(36(31,32)33)15(16(22)13(7)14(8)18)20-19-9-2-1-6(21(23)24)3-11(9)35(28,29)30;11-6-2-1-4-5(10(6)21(17,18)19)3-7(20(14,15)16)8(12)9(4)13;8-6-2-1-4(14(9,12)13)3-5(6)7(10)11/h1-5,22H,17-18H2,(H,25,26,27)(H,28,29,30)(H,31,32,33);1-3,13H,11-12H2,(H,14,15,16)(H,17,18,19);1-3H,8H2,(H,10,11)(H2,9,12,13). The molecule has 0 saturated carbocycles. The summed E-state index contributed by atoms with van der Waals surface area (Å²) in [6.45, 7) is 0. The van der Waals surface area contributed by atoms with Gasteiger partial charge in [-0.2, -0.15) is 42.1 Å². The first kappa shape index (κ1) is 56.0. The van der Waals surface area contributed by atoms with Crippen LogP contribution in [0.15, 0.2) is 106 Å². The number of nitrogen functional groups attached to an aromatic ring is 5. The first-order valence-electron chi connectivity index (χ1n) is 17.5. The highest BCUT2D eigenvalue weighted by Crippen LogP contribution is 2.47. The summed E-state index contributed by atoms with van der Waals surface area (Å²) in [6.07, 6.45) is 0. The van der Waals surface area contributed by atoms with E-state index < -0.39 is 158 Å². The molecule has 6 aromatic carbocycles. The van der Waals surface area contributed by atoms with Gasteiger partial charge in [0.15, 0.2) is 5.75 Å². The number of hydrogen-bond acceptors (Lipinski definition) is 24. The van der Waals surface area contributed by atoms with E-state index in [0.29, 0.717) is 24.3 Å². The molecule has 0 amide bonds. The van der Waals surface area contributed by atoms with Crippen LogP contribution in [0.2, 0.25) is 0 Å². The Balaban J connectivity index is 0.000000262. The maximum Gasteiger partial charge on any atom is 0.337 e. The van der Waals surface area contributed by atoms with Crippen LogP contribution in [-0.4, -0.2) is 99.5 Å². The second-order valence-corrected chi connectivity index (χ2v) is 22.2. The molecule has 0 spiro atoms. The molecule has 20 N–H and O–H groups in total. The summed E-state index contributed by atoms with van der Waals surface area (Å²) in [4.78, 5) is 15.2. The highest BCUT2D eigenvalue weighted by Gasteiger charge is 2.29. The minimum absolute atomic E-state index is 0.00935. The van der Waals surface area contributed by atoms with Gasteiger partial charge in [-0.3, -0.25) is 32.9 Å². The molecule has 0 radical (unpaired) electrons. The van der Waals surface area contributed by atoms with Crippen molar-refractivity contribution in [1.29, 1.82) is 0 Å². The van der Waals surface area contributed by atoms with Crippen molar-refractivity contribution < 1.29 is 98.3 Å². The Kier molecular flexibility index (Phi) is 15.2. The van der Waals surface area contributed by atoms with E-state index >= 15 is 0 Å². The summed E-state index contributed by atoms with van der Waals surface area (Å²) in [5.41, 5.74) is 22.6. The average Bonchev–Trinajstić information content (AvgIpc) is 3.20. The number of carboxylic acids is 1. The highest BCUT2D eigenvalue weighted by atomic mass is 32.2. The summed E-state index contributed by atoms with van der Waals surface area (Å²) < 4.78 is 184. The van der Waals surface area contributed by atoms with Crippen LogP contribution in [0.1, 0.15) is 10.4 Å². The number of phenolic OH excluding ortho intramolecular Hbond substituents is 2. The molecular weight excluding hydrogens is 1080 g/mol. The number of anilines is 5. The maximum absolute atomic E-state index is 12.0. The predicted molar refractivity (Wildman–Crippen MR) is 244 cm³/mol. The van der Waals surface area contributed by atoms with Crippen molar-refractivity contribution in [3.63, 3.8) is 0 Å². The highest BCUT2D eigenvalue weighted by molar-refractivity contribution is 7.89. The minimum Gasteiger partial charge on any atom is -0.505 e. The van der Waals surface area contributed by atoms with E-state index in [-0.39, 0.29) is 27.2 Å². The molecule has 0 fully saturated rings. The van der Waals surface area contributed by atoms with Crippen molar-refractivity contribution in [2.75, 3.05) is 28.7 Å². The van der Waals surface area contributed by atoms with Gasteiger partial charge in [0, 0.05) is 34.0 Å². The van der Waals surface area contributed by atoms with Crippen molar-refractivity contribution in [2.24, 2.45) is 15.4 Å². The van der Waals surface area contributed by atoms with Crippen LogP contribution in [0.5, 0.6) is 11.5 Å². The Morgan fingerprint density at radius 3 is 1.54 bits per heavy atom. The van der Waals surface area contributed by atoms with E-state index in [2.05, 4.69) is 10.2 Å². The Bertz CT molecular complexity index is 4020. The lowest BCUT2D eigenvalue weighted by atomic mass is 10.1. The van der Waals surface area contributed by atoms with E-state index in [0.717, 1.165) is 30.3 Å². The van der Waals surface area contributed by atoms with Gasteiger partial charge in [-0.05, 0) is 54.6 Å². The van der Waals surface area contributed by atoms with E-state index in [1.165, 1.54) is 12.1 Å². The summed E-state index contributed by atoms with van der Waals surface area (Å²) >= 11 is 0. The number of phenols is 2. The number of nitro groups is 1. The SMILES string of the molecule is Nc1cc(S(=O)(=O)O)c2cc(S(=O)(=O)O)c(N=Nc3ccc([N+](=O)[O-])cc3S(=O)(=O)O)c(O)c2c1N.Nc1ccc(S(N)(=O)=O)cc1C(=O)O.Nc1ccc2c(O)c(N)c(S(=O)(=O)O)cc2c1S(=O)(=O)O. The molecule has 71 heavy (non-hydrogen) atoms. The van der Waals surface area contributed by atoms with Gasteiger partial charge in [-0.1, -0.05) is 0 Å². The van der Waals surface area contributed by atoms with Crippen LogP contribution in [0.25, 0.3) is 21.5 Å². The number of aromatic carboxylic acids is 1. The number of rotatable bonds is 10. The lowest BCUT2D eigenvalue weighted by molar-refractivity contribution is -0.385. The summed E-state index contributed by atoms with van der Waals surface area (Å²) in [5, 5.41) is 49.9. The second kappa shape index (κ2) is 19.3. The van der Waals surface area contributed by atoms with E-state index in [1.54, 1.807) is 0 Å². The smallest absolute Gasteiger partial charge is 0.337 e. The van der Waals surface area contributed by atoms with Gasteiger partial charge in [0.25, 0.3) is 56.3 Å². The molecule has 0 bridgehead atoms. The normalized spacial score (nSPS) is 12.5. The molecule has 0 heterocycles. The van der Waals surface area contributed by atoms with Crippen molar-refractivity contribution in [1.82, 2.24) is 0 Å². The fraction of sp³-hybridized carbons (Fsp3) is 0. The molecule has 0 saturated heterocycles. The van der Waals surface area contributed by atoms with Gasteiger partial charge in [-0.15, -0.1) is 10.2 Å². The Morgan fingerprint density at radius 2 is 1.06 bits per heavy atom. The maximum atomic E-state index is 12.0.